The predicted octanol–water partition coefficient (Wildman–Crippen LogP) is 3.44. The molecule has 1 aliphatic heterocycles. The molecule has 168 valence electrons. The van der Waals surface area contributed by atoms with Crippen molar-refractivity contribution in [2.75, 3.05) is 17.3 Å². The number of rotatable bonds is 7. The normalized spacial score (nSPS) is 17.4. The lowest BCUT2D eigenvalue weighted by Gasteiger charge is -2.28. The summed E-state index contributed by atoms with van der Waals surface area (Å²) in [6.45, 7) is 0.384. The summed E-state index contributed by atoms with van der Waals surface area (Å²) < 4.78 is 25.9. The van der Waals surface area contributed by atoms with Gasteiger partial charge in [0, 0.05) is 30.2 Å². The molecule has 0 bridgehead atoms. The van der Waals surface area contributed by atoms with Gasteiger partial charge >= 0.3 is 0 Å². The molecular weight excluding hydrogens is 468 g/mol. The molecule has 0 aliphatic carbocycles. The molecule has 1 atom stereocenters. The minimum atomic E-state index is -3.11. The fourth-order valence-corrected chi connectivity index (χ4v) is 6.38. The summed E-state index contributed by atoms with van der Waals surface area (Å²) in [5, 5.41) is 9.73. The zero-order chi connectivity index (χ0) is 22.7. The molecule has 2 heterocycles. The van der Waals surface area contributed by atoms with Crippen LogP contribution in [0, 0.1) is 0 Å². The highest BCUT2D eigenvalue weighted by Gasteiger charge is 2.34. The van der Waals surface area contributed by atoms with E-state index in [0.717, 1.165) is 11.1 Å². The summed E-state index contributed by atoms with van der Waals surface area (Å²) >= 11 is 7.26. The van der Waals surface area contributed by atoms with E-state index < -0.39 is 9.84 Å². The Labute approximate surface area is 196 Å². The van der Waals surface area contributed by atoms with Crippen molar-refractivity contribution < 1.29 is 13.2 Å². The van der Waals surface area contributed by atoms with Crippen molar-refractivity contribution in [1.82, 2.24) is 19.7 Å². The van der Waals surface area contributed by atoms with E-state index in [9.17, 15) is 13.2 Å². The Hall–Kier alpha value is -2.36. The van der Waals surface area contributed by atoms with Crippen molar-refractivity contribution in [2.24, 2.45) is 7.05 Å². The van der Waals surface area contributed by atoms with E-state index in [1.54, 1.807) is 17.0 Å². The van der Waals surface area contributed by atoms with Crippen LogP contribution in [-0.4, -0.2) is 57.3 Å². The van der Waals surface area contributed by atoms with Crippen LogP contribution >= 0.6 is 23.4 Å². The summed E-state index contributed by atoms with van der Waals surface area (Å²) in [6.07, 6.45) is 0.469. The highest BCUT2D eigenvalue weighted by atomic mass is 35.5. The van der Waals surface area contributed by atoms with Gasteiger partial charge in [-0.3, -0.25) is 4.79 Å². The maximum absolute atomic E-state index is 13.2. The third-order valence-corrected chi connectivity index (χ3v) is 8.43. The van der Waals surface area contributed by atoms with Gasteiger partial charge in [-0.2, -0.15) is 0 Å². The first-order valence-corrected chi connectivity index (χ1v) is 13.3. The topological polar surface area (TPSA) is 85.2 Å². The van der Waals surface area contributed by atoms with Gasteiger partial charge in [0.1, 0.15) is 0 Å². The third kappa shape index (κ3) is 5.33. The third-order valence-electron chi connectivity index (χ3n) is 5.43. The zero-order valence-corrected chi connectivity index (χ0v) is 19.9. The van der Waals surface area contributed by atoms with Crippen molar-refractivity contribution in [3.05, 3.63) is 65.2 Å². The molecule has 32 heavy (non-hydrogen) atoms. The van der Waals surface area contributed by atoms with Gasteiger partial charge in [-0.1, -0.05) is 53.7 Å². The summed E-state index contributed by atoms with van der Waals surface area (Å²) in [5.74, 6) is 0.852. The van der Waals surface area contributed by atoms with Gasteiger partial charge < -0.3 is 9.47 Å². The summed E-state index contributed by atoms with van der Waals surface area (Å²) in [4.78, 5) is 14.9. The van der Waals surface area contributed by atoms with Gasteiger partial charge in [-0.05, 0) is 36.2 Å². The summed E-state index contributed by atoms with van der Waals surface area (Å²) in [6, 6.07) is 16.6. The van der Waals surface area contributed by atoms with Crippen LogP contribution in [0.25, 0.3) is 11.4 Å². The van der Waals surface area contributed by atoms with E-state index in [4.69, 9.17) is 11.6 Å². The second-order valence-corrected chi connectivity index (χ2v) is 11.3. The van der Waals surface area contributed by atoms with Crippen molar-refractivity contribution in [3.8, 4) is 11.4 Å². The summed E-state index contributed by atoms with van der Waals surface area (Å²) in [7, 11) is -1.26. The molecule has 4 rings (SSSR count). The van der Waals surface area contributed by atoms with Gasteiger partial charge in [-0.25, -0.2) is 8.42 Å². The Kier molecular flexibility index (Phi) is 6.88. The number of sulfone groups is 1. The molecule has 10 heteroatoms. The maximum Gasteiger partial charge on any atom is 0.233 e. The number of amides is 1. The van der Waals surface area contributed by atoms with Gasteiger partial charge in [0.15, 0.2) is 20.8 Å². The van der Waals surface area contributed by atoms with Crippen LogP contribution in [0.2, 0.25) is 5.02 Å². The Bertz CT molecular complexity index is 1200. The number of carbonyl (C=O) groups is 1. The standard InChI is InChI=1S/C22H23ClN4O3S2/c1-26-21(17-7-9-18(23)10-8-17)24-25-22(26)31-14-20(28)27(13-16-5-3-2-4-6-16)19-11-12-32(29,30)15-19/h2-10,19H,11-15H2,1H3. The second-order valence-electron chi connectivity index (χ2n) is 7.72. The average Bonchev–Trinajstić information content (AvgIpc) is 3.33. The highest BCUT2D eigenvalue weighted by Crippen LogP contribution is 2.26. The molecule has 1 amide bonds. The van der Waals surface area contributed by atoms with Gasteiger partial charge in [0.2, 0.25) is 5.91 Å². The number of nitrogens with zero attached hydrogens (tertiary/aromatic N) is 4. The van der Waals surface area contributed by atoms with E-state index >= 15 is 0 Å². The second kappa shape index (κ2) is 9.64. The van der Waals surface area contributed by atoms with Crippen molar-refractivity contribution >= 4 is 39.1 Å². The van der Waals surface area contributed by atoms with Crippen LogP contribution < -0.4 is 0 Å². The largest absolute Gasteiger partial charge is 0.334 e. The Morgan fingerprint density at radius 2 is 1.88 bits per heavy atom. The van der Waals surface area contributed by atoms with E-state index in [1.165, 1.54) is 11.8 Å². The Morgan fingerprint density at radius 1 is 1.16 bits per heavy atom. The number of benzene rings is 2. The average molecular weight is 491 g/mol. The number of carbonyl (C=O) groups excluding carboxylic acids is 1. The fourth-order valence-electron chi connectivity index (χ4n) is 3.72. The molecule has 1 unspecified atom stereocenters. The highest BCUT2D eigenvalue weighted by molar-refractivity contribution is 7.99. The fraction of sp³-hybridized carbons (Fsp3) is 0.318. The number of halogens is 1. The number of thioether (sulfide) groups is 1. The molecular formula is C22H23ClN4O3S2. The molecule has 0 spiro atoms. The molecule has 2 aromatic carbocycles. The number of hydrogen-bond acceptors (Lipinski definition) is 6. The molecule has 1 saturated heterocycles. The lowest BCUT2D eigenvalue weighted by Crippen LogP contribution is -2.41. The van der Waals surface area contributed by atoms with Gasteiger partial charge in [-0.15, -0.1) is 10.2 Å². The molecule has 1 fully saturated rings. The van der Waals surface area contributed by atoms with Crippen LogP contribution in [0.5, 0.6) is 0 Å². The lowest BCUT2D eigenvalue weighted by atomic mass is 10.1. The predicted molar refractivity (Wildman–Crippen MR) is 126 cm³/mol. The zero-order valence-electron chi connectivity index (χ0n) is 17.5. The minimum absolute atomic E-state index is 0.0148. The van der Waals surface area contributed by atoms with Crippen LogP contribution in [-0.2, 0) is 28.2 Å². The summed E-state index contributed by atoms with van der Waals surface area (Å²) in [5.41, 5.74) is 1.85. The SMILES string of the molecule is Cn1c(SCC(=O)N(Cc2ccccc2)C2CCS(=O)(=O)C2)nnc1-c1ccc(Cl)cc1. The van der Waals surface area contributed by atoms with Crippen LogP contribution in [0.3, 0.4) is 0 Å². The molecule has 1 aromatic heterocycles. The first-order chi connectivity index (χ1) is 15.3. The van der Waals surface area contributed by atoms with E-state index in [0.29, 0.717) is 29.0 Å². The van der Waals surface area contributed by atoms with Crippen LogP contribution in [0.4, 0.5) is 0 Å². The van der Waals surface area contributed by atoms with E-state index in [-0.39, 0.29) is 29.2 Å². The molecule has 1 aliphatic rings. The first-order valence-electron chi connectivity index (χ1n) is 10.1. The Morgan fingerprint density at radius 3 is 2.53 bits per heavy atom. The maximum atomic E-state index is 13.2. The molecule has 0 N–H and O–H groups in total. The van der Waals surface area contributed by atoms with Gasteiger partial charge in [0.05, 0.1) is 17.3 Å². The van der Waals surface area contributed by atoms with E-state index in [1.807, 2.05) is 54.1 Å². The molecule has 3 aromatic rings. The molecule has 7 nitrogen and oxygen atoms in total. The molecule has 0 radical (unpaired) electrons. The number of aromatic nitrogens is 3. The first kappa shape index (κ1) is 22.8. The number of hydrogen-bond donors (Lipinski definition) is 0. The lowest BCUT2D eigenvalue weighted by molar-refractivity contribution is -0.130. The monoisotopic (exact) mass is 490 g/mol. The van der Waals surface area contributed by atoms with Gasteiger partial charge in [0.25, 0.3) is 0 Å². The van der Waals surface area contributed by atoms with Crippen LogP contribution in [0.15, 0.2) is 59.8 Å². The Balaban J connectivity index is 1.48. The quantitative estimate of drug-likeness (QED) is 0.471. The van der Waals surface area contributed by atoms with Crippen molar-refractivity contribution in [1.29, 1.82) is 0 Å². The van der Waals surface area contributed by atoms with Crippen molar-refractivity contribution in [3.63, 3.8) is 0 Å². The minimum Gasteiger partial charge on any atom is -0.334 e. The smallest absolute Gasteiger partial charge is 0.233 e. The molecule has 0 saturated carbocycles. The van der Waals surface area contributed by atoms with Crippen LogP contribution in [0.1, 0.15) is 12.0 Å². The van der Waals surface area contributed by atoms with Crippen molar-refractivity contribution in [2.45, 2.75) is 24.2 Å². The van der Waals surface area contributed by atoms with E-state index in [2.05, 4.69) is 10.2 Å².